The number of benzene rings is 2. The Balaban J connectivity index is 1.86. The highest BCUT2D eigenvalue weighted by Gasteiger charge is 2.05. The van der Waals surface area contributed by atoms with Gasteiger partial charge in [0.1, 0.15) is 11.6 Å². The van der Waals surface area contributed by atoms with Gasteiger partial charge in [-0.25, -0.2) is 4.39 Å². The van der Waals surface area contributed by atoms with Gasteiger partial charge >= 0.3 is 0 Å². The molecule has 3 N–H and O–H groups in total. The molecule has 0 aromatic heterocycles. The molecule has 0 saturated heterocycles. The summed E-state index contributed by atoms with van der Waals surface area (Å²) in [5.41, 5.74) is 7.14. The molecule has 0 aliphatic rings. The minimum absolute atomic E-state index is 0.0460. The van der Waals surface area contributed by atoms with E-state index in [4.69, 9.17) is 10.5 Å². The Morgan fingerprint density at radius 3 is 2.62 bits per heavy atom. The zero-order chi connectivity index (χ0) is 15.2. The summed E-state index contributed by atoms with van der Waals surface area (Å²) in [5.74, 6) is -0.175. The zero-order valence-corrected chi connectivity index (χ0v) is 11.7. The highest BCUT2D eigenvalue weighted by atomic mass is 19.1. The van der Waals surface area contributed by atoms with Crippen molar-refractivity contribution in [1.29, 1.82) is 0 Å². The van der Waals surface area contributed by atoms with E-state index in [2.05, 4.69) is 5.32 Å². The van der Waals surface area contributed by atoms with Crippen LogP contribution in [-0.2, 0) is 4.79 Å². The Hall–Kier alpha value is -2.40. The average molecular weight is 288 g/mol. The van der Waals surface area contributed by atoms with Gasteiger partial charge in [0.2, 0.25) is 0 Å². The quantitative estimate of drug-likeness (QED) is 0.889. The first kappa shape index (κ1) is 15.0. The number of nitrogens with two attached hydrogens (primary N) is 1. The highest BCUT2D eigenvalue weighted by Crippen LogP contribution is 2.16. The number of halogens is 1. The highest BCUT2D eigenvalue weighted by molar-refractivity contribution is 5.91. The van der Waals surface area contributed by atoms with Gasteiger partial charge in [0.25, 0.3) is 5.91 Å². The summed E-state index contributed by atoms with van der Waals surface area (Å²) in [6, 6.07) is 12.9. The van der Waals surface area contributed by atoms with Crippen LogP contribution in [0.5, 0.6) is 5.75 Å². The Labute approximate surface area is 122 Å². The minimum atomic E-state index is -0.403. The number of hydrogen-bond acceptors (Lipinski definition) is 3. The van der Waals surface area contributed by atoms with Crippen molar-refractivity contribution in [2.24, 2.45) is 5.73 Å². The van der Waals surface area contributed by atoms with E-state index in [9.17, 15) is 9.18 Å². The summed E-state index contributed by atoms with van der Waals surface area (Å²) in [7, 11) is 0. The molecule has 4 nitrogen and oxygen atoms in total. The van der Waals surface area contributed by atoms with Crippen molar-refractivity contribution < 1.29 is 13.9 Å². The molecule has 0 fully saturated rings. The van der Waals surface area contributed by atoms with Crippen LogP contribution < -0.4 is 15.8 Å². The summed E-state index contributed by atoms with van der Waals surface area (Å²) in [6.45, 7) is 1.75. The van der Waals surface area contributed by atoms with Gasteiger partial charge in [0.15, 0.2) is 6.61 Å². The second-order valence-electron chi connectivity index (χ2n) is 4.70. The SMILES string of the molecule is C[C@@H](N)c1ccc(OCC(=O)Nc2cccc(F)c2)cc1. The predicted octanol–water partition coefficient (Wildman–Crippen LogP) is 2.86. The lowest BCUT2D eigenvalue weighted by Crippen LogP contribution is -2.20. The molecule has 0 saturated carbocycles. The van der Waals surface area contributed by atoms with Crippen molar-refractivity contribution in [3.8, 4) is 5.75 Å². The van der Waals surface area contributed by atoms with Crippen LogP contribution in [0.3, 0.4) is 0 Å². The molecule has 2 aromatic carbocycles. The molecular formula is C16H17FN2O2. The second-order valence-corrected chi connectivity index (χ2v) is 4.70. The Morgan fingerprint density at radius 1 is 1.29 bits per heavy atom. The first-order chi connectivity index (χ1) is 10.0. The lowest BCUT2D eigenvalue weighted by Gasteiger charge is -2.09. The first-order valence-electron chi connectivity index (χ1n) is 6.58. The van der Waals surface area contributed by atoms with Gasteiger partial charge in [-0.2, -0.15) is 0 Å². The van der Waals surface area contributed by atoms with E-state index in [0.29, 0.717) is 11.4 Å². The number of hydrogen-bond donors (Lipinski definition) is 2. The lowest BCUT2D eigenvalue weighted by molar-refractivity contribution is -0.118. The van der Waals surface area contributed by atoms with Crippen LogP contribution in [0.2, 0.25) is 0 Å². The topological polar surface area (TPSA) is 64.3 Å². The maximum absolute atomic E-state index is 13.0. The van der Waals surface area contributed by atoms with Crippen molar-refractivity contribution in [1.82, 2.24) is 0 Å². The van der Waals surface area contributed by atoms with Crippen molar-refractivity contribution >= 4 is 11.6 Å². The molecule has 1 amide bonds. The summed E-state index contributed by atoms with van der Waals surface area (Å²) in [6.07, 6.45) is 0. The van der Waals surface area contributed by atoms with Gasteiger partial charge in [0.05, 0.1) is 0 Å². The Bertz CT molecular complexity index is 612. The van der Waals surface area contributed by atoms with Gasteiger partial charge in [-0.1, -0.05) is 18.2 Å². The molecule has 0 radical (unpaired) electrons. The molecule has 0 heterocycles. The minimum Gasteiger partial charge on any atom is -0.484 e. The van der Waals surface area contributed by atoms with Crippen LogP contribution in [0.4, 0.5) is 10.1 Å². The molecule has 0 bridgehead atoms. The fraction of sp³-hybridized carbons (Fsp3) is 0.188. The monoisotopic (exact) mass is 288 g/mol. The number of nitrogens with one attached hydrogen (secondary N) is 1. The Morgan fingerprint density at radius 2 is 2.00 bits per heavy atom. The van der Waals surface area contributed by atoms with Crippen LogP contribution in [0, 0.1) is 5.82 Å². The number of amides is 1. The third-order valence-corrected chi connectivity index (χ3v) is 2.88. The van der Waals surface area contributed by atoms with E-state index in [0.717, 1.165) is 5.56 Å². The molecule has 110 valence electrons. The lowest BCUT2D eigenvalue weighted by atomic mass is 10.1. The Kier molecular flexibility index (Phi) is 4.90. The zero-order valence-electron chi connectivity index (χ0n) is 11.7. The normalized spacial score (nSPS) is 11.8. The molecule has 0 spiro atoms. The maximum Gasteiger partial charge on any atom is 0.262 e. The molecular weight excluding hydrogens is 271 g/mol. The van der Waals surface area contributed by atoms with Crippen molar-refractivity contribution in [3.05, 3.63) is 59.9 Å². The van der Waals surface area contributed by atoms with Gasteiger partial charge in [-0.15, -0.1) is 0 Å². The second kappa shape index (κ2) is 6.85. The maximum atomic E-state index is 13.0. The van der Waals surface area contributed by atoms with E-state index in [1.165, 1.54) is 18.2 Å². The van der Waals surface area contributed by atoms with Crippen LogP contribution in [0.15, 0.2) is 48.5 Å². The number of anilines is 1. The van der Waals surface area contributed by atoms with Crippen molar-refractivity contribution in [3.63, 3.8) is 0 Å². The van der Waals surface area contributed by atoms with Crippen molar-refractivity contribution in [2.45, 2.75) is 13.0 Å². The van der Waals surface area contributed by atoms with Crippen LogP contribution in [0.25, 0.3) is 0 Å². The van der Waals surface area contributed by atoms with Gasteiger partial charge < -0.3 is 15.8 Å². The summed E-state index contributed by atoms with van der Waals surface area (Å²) in [4.78, 5) is 11.7. The molecule has 21 heavy (non-hydrogen) atoms. The molecule has 1 atom stereocenters. The molecule has 2 aromatic rings. The van der Waals surface area contributed by atoms with Crippen LogP contribution in [0.1, 0.15) is 18.5 Å². The number of ether oxygens (including phenoxy) is 1. The van der Waals surface area contributed by atoms with E-state index in [-0.39, 0.29) is 18.6 Å². The summed E-state index contributed by atoms with van der Waals surface area (Å²) >= 11 is 0. The molecule has 0 aliphatic carbocycles. The van der Waals surface area contributed by atoms with E-state index >= 15 is 0 Å². The molecule has 5 heteroatoms. The van der Waals surface area contributed by atoms with Crippen LogP contribution in [-0.4, -0.2) is 12.5 Å². The third kappa shape index (κ3) is 4.57. The number of carbonyl (C=O) groups is 1. The van der Waals surface area contributed by atoms with E-state index in [1.807, 2.05) is 19.1 Å². The fourth-order valence-corrected chi connectivity index (χ4v) is 1.78. The van der Waals surface area contributed by atoms with Crippen molar-refractivity contribution in [2.75, 3.05) is 11.9 Å². The molecule has 0 unspecified atom stereocenters. The predicted molar refractivity (Wildman–Crippen MR) is 79.6 cm³/mol. The fourth-order valence-electron chi connectivity index (χ4n) is 1.78. The standard InChI is InChI=1S/C16H17FN2O2/c1-11(18)12-5-7-15(8-6-12)21-10-16(20)19-14-4-2-3-13(17)9-14/h2-9,11H,10,18H2,1H3,(H,19,20)/t11-/m1/s1. The van der Waals surface area contributed by atoms with Gasteiger partial charge in [0, 0.05) is 11.7 Å². The first-order valence-corrected chi connectivity index (χ1v) is 6.58. The number of carbonyl (C=O) groups excluding carboxylic acids is 1. The van der Waals surface area contributed by atoms with Gasteiger partial charge in [-0.05, 0) is 42.8 Å². The summed E-state index contributed by atoms with van der Waals surface area (Å²) in [5, 5.41) is 2.56. The molecule has 2 rings (SSSR count). The smallest absolute Gasteiger partial charge is 0.262 e. The van der Waals surface area contributed by atoms with E-state index in [1.54, 1.807) is 18.2 Å². The number of rotatable bonds is 5. The van der Waals surface area contributed by atoms with E-state index < -0.39 is 5.82 Å². The third-order valence-electron chi connectivity index (χ3n) is 2.88. The van der Waals surface area contributed by atoms with Gasteiger partial charge in [-0.3, -0.25) is 4.79 Å². The van der Waals surface area contributed by atoms with Crippen LogP contribution >= 0.6 is 0 Å². The average Bonchev–Trinajstić information content (AvgIpc) is 2.45. The summed E-state index contributed by atoms with van der Waals surface area (Å²) < 4.78 is 18.3. The molecule has 0 aliphatic heterocycles. The largest absolute Gasteiger partial charge is 0.484 e.